The highest BCUT2D eigenvalue weighted by Crippen LogP contribution is 2.40. The van der Waals surface area contributed by atoms with Crippen LogP contribution >= 0.6 is 11.6 Å². The largest absolute Gasteiger partial charge is 0.493 e. The van der Waals surface area contributed by atoms with Gasteiger partial charge in [-0.2, -0.15) is 0 Å². The first-order valence-electron chi connectivity index (χ1n) is 12.7. The van der Waals surface area contributed by atoms with Gasteiger partial charge in [0.05, 0.1) is 39.7 Å². The molecule has 1 N–H and O–H groups in total. The van der Waals surface area contributed by atoms with Crippen LogP contribution in [-0.4, -0.2) is 69.9 Å². The molecule has 1 aliphatic rings. The molecular formula is C29H32ClF2N3O5. The number of anilines is 1. The molecule has 214 valence electrons. The summed E-state index contributed by atoms with van der Waals surface area (Å²) in [5, 5.41) is 3.47. The second kappa shape index (κ2) is 13.6. The van der Waals surface area contributed by atoms with E-state index in [9.17, 15) is 13.6 Å². The molecule has 1 heterocycles. The summed E-state index contributed by atoms with van der Waals surface area (Å²) in [4.78, 5) is 16.9. The number of halogens is 3. The third-order valence-electron chi connectivity index (χ3n) is 6.73. The lowest BCUT2D eigenvalue weighted by atomic mass is 10.1. The highest BCUT2D eigenvalue weighted by molar-refractivity contribution is 6.30. The number of urea groups is 1. The molecule has 0 aromatic heterocycles. The smallest absolute Gasteiger partial charge is 0.321 e. The Kier molecular flexibility index (Phi) is 10.0. The molecule has 11 heteroatoms. The molecular weight excluding hydrogens is 544 g/mol. The van der Waals surface area contributed by atoms with Crippen LogP contribution in [0.5, 0.6) is 17.2 Å². The van der Waals surface area contributed by atoms with Crippen molar-refractivity contribution >= 4 is 23.3 Å². The zero-order valence-corrected chi connectivity index (χ0v) is 23.3. The summed E-state index contributed by atoms with van der Waals surface area (Å²) >= 11 is 6.06. The molecule has 0 aliphatic carbocycles. The molecule has 4 rings (SSSR count). The van der Waals surface area contributed by atoms with Gasteiger partial charge in [-0.3, -0.25) is 4.90 Å². The number of nitrogens with one attached hydrogen (secondary N) is 1. The van der Waals surface area contributed by atoms with E-state index in [-0.39, 0.29) is 18.2 Å². The van der Waals surface area contributed by atoms with E-state index in [0.717, 1.165) is 5.56 Å². The van der Waals surface area contributed by atoms with Gasteiger partial charge in [-0.15, -0.1) is 0 Å². The fraction of sp³-hybridized carbons (Fsp3) is 0.345. The Labute approximate surface area is 237 Å². The fourth-order valence-corrected chi connectivity index (χ4v) is 4.64. The summed E-state index contributed by atoms with van der Waals surface area (Å²) in [5.41, 5.74) is 1.23. The van der Waals surface area contributed by atoms with E-state index in [0.29, 0.717) is 60.7 Å². The van der Waals surface area contributed by atoms with Gasteiger partial charge in [0.25, 0.3) is 0 Å². The van der Waals surface area contributed by atoms with E-state index in [1.54, 1.807) is 29.2 Å². The monoisotopic (exact) mass is 575 g/mol. The standard InChI is InChI=1S/C29H32ClF2N3O5/c1-37-25-15-21(16-26(38-2)28(25)39-3)33-29(36)35-13-11-34(12-14-35)17-27(19-7-9-20(30)10-8-19)40-18-22-23(31)5-4-6-24(22)32/h4-10,15-16,27H,11-14,17-18H2,1-3H3,(H,33,36)/t27-/m1/s1. The second-order valence-corrected chi connectivity index (χ2v) is 9.62. The van der Waals surface area contributed by atoms with Crippen LogP contribution in [0.4, 0.5) is 19.3 Å². The van der Waals surface area contributed by atoms with Gasteiger partial charge in [0.15, 0.2) is 11.5 Å². The van der Waals surface area contributed by atoms with E-state index in [1.807, 2.05) is 12.1 Å². The Balaban J connectivity index is 1.38. The Morgan fingerprint density at radius 1 is 0.925 bits per heavy atom. The maximum Gasteiger partial charge on any atom is 0.321 e. The zero-order chi connectivity index (χ0) is 28.6. The molecule has 8 nitrogen and oxygen atoms in total. The number of carbonyl (C=O) groups excluding carboxylic acids is 1. The minimum atomic E-state index is -0.651. The maximum absolute atomic E-state index is 14.2. The summed E-state index contributed by atoms with van der Waals surface area (Å²) in [7, 11) is 4.53. The Hall–Kier alpha value is -3.60. The first-order valence-corrected chi connectivity index (χ1v) is 13.1. The first kappa shape index (κ1) is 29.4. The average molecular weight is 576 g/mol. The van der Waals surface area contributed by atoms with E-state index < -0.39 is 17.7 Å². The van der Waals surface area contributed by atoms with Gasteiger partial charge in [-0.05, 0) is 29.8 Å². The van der Waals surface area contributed by atoms with Crippen molar-refractivity contribution in [2.75, 3.05) is 59.4 Å². The Morgan fingerprint density at radius 3 is 2.08 bits per heavy atom. The van der Waals surface area contributed by atoms with Crippen LogP contribution < -0.4 is 19.5 Å². The van der Waals surface area contributed by atoms with Gasteiger partial charge < -0.3 is 29.2 Å². The number of piperazine rings is 1. The number of rotatable bonds is 10. The summed E-state index contributed by atoms with van der Waals surface area (Å²) in [5.74, 6) is 0.00549. The van der Waals surface area contributed by atoms with Crippen LogP contribution in [0, 0.1) is 11.6 Å². The molecule has 0 spiro atoms. The second-order valence-electron chi connectivity index (χ2n) is 9.18. The molecule has 1 atom stereocenters. The lowest BCUT2D eigenvalue weighted by Crippen LogP contribution is -2.50. The van der Waals surface area contributed by atoms with Crippen molar-refractivity contribution in [1.29, 1.82) is 0 Å². The molecule has 0 unspecified atom stereocenters. The average Bonchev–Trinajstić information content (AvgIpc) is 2.96. The van der Waals surface area contributed by atoms with Gasteiger partial charge >= 0.3 is 6.03 Å². The van der Waals surface area contributed by atoms with Crippen molar-refractivity contribution in [3.05, 3.63) is 82.4 Å². The zero-order valence-electron chi connectivity index (χ0n) is 22.6. The van der Waals surface area contributed by atoms with Gasteiger partial charge in [0, 0.05) is 55.4 Å². The summed E-state index contributed by atoms with van der Waals surface area (Å²) in [6, 6.07) is 14.0. The number of ether oxygens (including phenoxy) is 4. The van der Waals surface area contributed by atoms with Gasteiger partial charge in [-0.1, -0.05) is 29.8 Å². The van der Waals surface area contributed by atoms with Crippen LogP contribution in [0.2, 0.25) is 5.02 Å². The quantitative estimate of drug-likeness (QED) is 0.332. The first-order chi connectivity index (χ1) is 19.3. The van der Waals surface area contributed by atoms with Crippen LogP contribution in [0.25, 0.3) is 0 Å². The van der Waals surface area contributed by atoms with Crippen molar-refractivity contribution in [1.82, 2.24) is 9.80 Å². The van der Waals surface area contributed by atoms with Crippen molar-refractivity contribution in [2.45, 2.75) is 12.7 Å². The number of nitrogens with zero attached hydrogens (tertiary/aromatic N) is 2. The maximum atomic E-state index is 14.2. The third-order valence-corrected chi connectivity index (χ3v) is 6.98. The van der Waals surface area contributed by atoms with Crippen molar-refractivity contribution in [2.24, 2.45) is 0 Å². The molecule has 1 fully saturated rings. The number of amides is 2. The van der Waals surface area contributed by atoms with Crippen molar-refractivity contribution in [3.63, 3.8) is 0 Å². The van der Waals surface area contributed by atoms with E-state index in [4.69, 9.17) is 30.5 Å². The minimum Gasteiger partial charge on any atom is -0.493 e. The molecule has 3 aromatic rings. The molecule has 3 aromatic carbocycles. The number of carbonyl (C=O) groups is 1. The van der Waals surface area contributed by atoms with Crippen LogP contribution in [-0.2, 0) is 11.3 Å². The Bertz CT molecular complexity index is 1260. The minimum absolute atomic E-state index is 0.116. The lowest BCUT2D eigenvalue weighted by molar-refractivity contribution is 0.00376. The molecule has 40 heavy (non-hydrogen) atoms. The highest BCUT2D eigenvalue weighted by Gasteiger charge is 2.25. The number of benzene rings is 3. The summed E-state index contributed by atoms with van der Waals surface area (Å²) < 4.78 is 50.5. The third kappa shape index (κ3) is 7.12. The molecule has 1 saturated heterocycles. The van der Waals surface area contributed by atoms with Gasteiger partial charge in [0.1, 0.15) is 11.6 Å². The van der Waals surface area contributed by atoms with Crippen LogP contribution in [0.15, 0.2) is 54.6 Å². The highest BCUT2D eigenvalue weighted by atomic mass is 35.5. The van der Waals surface area contributed by atoms with Crippen LogP contribution in [0.3, 0.4) is 0 Å². The SMILES string of the molecule is COc1cc(NC(=O)N2CCN(C[C@@H](OCc3c(F)cccc3F)c3ccc(Cl)cc3)CC2)cc(OC)c1OC. The predicted octanol–water partition coefficient (Wildman–Crippen LogP) is 5.75. The van der Waals surface area contributed by atoms with Crippen molar-refractivity contribution < 1.29 is 32.5 Å². The van der Waals surface area contributed by atoms with Gasteiger partial charge in [-0.25, -0.2) is 13.6 Å². The van der Waals surface area contributed by atoms with E-state index >= 15 is 0 Å². The van der Waals surface area contributed by atoms with E-state index in [1.165, 1.54) is 39.5 Å². The normalized spacial score (nSPS) is 14.5. The van der Waals surface area contributed by atoms with Crippen LogP contribution in [0.1, 0.15) is 17.2 Å². The summed E-state index contributed by atoms with van der Waals surface area (Å²) in [6.07, 6.45) is -0.462. The number of methoxy groups -OCH3 is 3. The summed E-state index contributed by atoms with van der Waals surface area (Å²) in [6.45, 7) is 2.38. The number of hydrogen-bond acceptors (Lipinski definition) is 6. The fourth-order valence-electron chi connectivity index (χ4n) is 4.51. The van der Waals surface area contributed by atoms with E-state index in [2.05, 4.69) is 10.2 Å². The Morgan fingerprint density at radius 2 is 1.52 bits per heavy atom. The molecule has 0 bridgehead atoms. The molecule has 0 saturated carbocycles. The lowest BCUT2D eigenvalue weighted by Gasteiger charge is -2.36. The topological polar surface area (TPSA) is 72.5 Å². The predicted molar refractivity (Wildman–Crippen MR) is 148 cm³/mol. The molecule has 2 amide bonds. The van der Waals surface area contributed by atoms with Gasteiger partial charge in [0.2, 0.25) is 5.75 Å². The molecule has 0 radical (unpaired) electrons. The van der Waals surface area contributed by atoms with Crippen molar-refractivity contribution in [3.8, 4) is 17.2 Å². The molecule has 1 aliphatic heterocycles. The number of hydrogen-bond donors (Lipinski definition) is 1.